The van der Waals surface area contributed by atoms with Crippen molar-refractivity contribution in [2.24, 2.45) is 0 Å². The second-order valence-electron chi connectivity index (χ2n) is 6.04. The highest BCUT2D eigenvalue weighted by atomic mass is 16.5. The molecule has 1 amide bonds. The zero-order valence-corrected chi connectivity index (χ0v) is 13.1. The van der Waals surface area contributed by atoms with Gasteiger partial charge in [-0.1, -0.05) is 12.1 Å². The number of carbonyl (C=O) groups excluding carboxylic acids is 1. The van der Waals surface area contributed by atoms with Crippen LogP contribution in [0, 0.1) is 0 Å². The van der Waals surface area contributed by atoms with Gasteiger partial charge in [-0.05, 0) is 30.9 Å². The number of aliphatic hydroxyl groups excluding tert-OH is 1. The van der Waals surface area contributed by atoms with Gasteiger partial charge < -0.3 is 19.5 Å². The summed E-state index contributed by atoms with van der Waals surface area (Å²) in [6.07, 6.45) is 2.42. The first-order chi connectivity index (χ1) is 10.7. The van der Waals surface area contributed by atoms with Crippen molar-refractivity contribution in [1.29, 1.82) is 0 Å². The van der Waals surface area contributed by atoms with Gasteiger partial charge in [0, 0.05) is 19.2 Å². The fraction of sp³-hybridized carbons (Fsp3) is 0.588. The summed E-state index contributed by atoms with van der Waals surface area (Å²) in [5.74, 6) is 0.703. The first kappa shape index (κ1) is 15.3. The Kier molecular flexibility index (Phi) is 4.36. The highest BCUT2D eigenvalue weighted by Gasteiger charge is 2.41. The van der Waals surface area contributed by atoms with E-state index in [0.717, 1.165) is 24.2 Å². The van der Waals surface area contributed by atoms with E-state index in [2.05, 4.69) is 6.07 Å². The Morgan fingerprint density at radius 3 is 2.91 bits per heavy atom. The van der Waals surface area contributed by atoms with E-state index in [1.807, 2.05) is 12.1 Å². The van der Waals surface area contributed by atoms with E-state index in [1.54, 1.807) is 19.1 Å². The predicted octanol–water partition coefficient (Wildman–Crippen LogP) is 1.33. The molecule has 0 bridgehead atoms. The van der Waals surface area contributed by atoms with Crippen LogP contribution in [-0.4, -0.2) is 55.4 Å². The maximum absolute atomic E-state index is 13.0. The molecular formula is C17H23NO4. The van der Waals surface area contributed by atoms with Gasteiger partial charge in [0.2, 0.25) is 5.91 Å². The van der Waals surface area contributed by atoms with Crippen LogP contribution in [0.1, 0.15) is 29.9 Å². The second-order valence-corrected chi connectivity index (χ2v) is 6.04. The van der Waals surface area contributed by atoms with Gasteiger partial charge in [-0.15, -0.1) is 0 Å². The van der Waals surface area contributed by atoms with E-state index >= 15 is 0 Å². The molecule has 1 aromatic carbocycles. The topological polar surface area (TPSA) is 59.0 Å². The van der Waals surface area contributed by atoms with E-state index in [1.165, 1.54) is 5.56 Å². The summed E-state index contributed by atoms with van der Waals surface area (Å²) in [5.41, 5.74) is 2.22. The molecule has 120 valence electrons. The molecule has 3 atom stereocenters. The lowest BCUT2D eigenvalue weighted by atomic mass is 9.98. The van der Waals surface area contributed by atoms with Crippen molar-refractivity contribution in [2.45, 2.75) is 37.3 Å². The van der Waals surface area contributed by atoms with E-state index < -0.39 is 0 Å². The molecule has 1 fully saturated rings. The summed E-state index contributed by atoms with van der Waals surface area (Å²) in [4.78, 5) is 14.8. The lowest BCUT2D eigenvalue weighted by Gasteiger charge is -2.26. The molecule has 5 heteroatoms. The SMILES string of the molecule is COc1cccc2c1C(C(=O)N1C[C@H](OC)C[C@H]1CO)CC2. The molecule has 0 saturated carbocycles. The Morgan fingerprint density at radius 1 is 1.41 bits per heavy atom. The van der Waals surface area contributed by atoms with Crippen LogP contribution in [0.15, 0.2) is 18.2 Å². The van der Waals surface area contributed by atoms with Crippen molar-refractivity contribution in [3.8, 4) is 5.75 Å². The number of likely N-dealkylation sites (tertiary alicyclic amines) is 1. The van der Waals surface area contributed by atoms with Crippen molar-refractivity contribution in [3.63, 3.8) is 0 Å². The van der Waals surface area contributed by atoms with Gasteiger partial charge in [-0.2, -0.15) is 0 Å². The smallest absolute Gasteiger partial charge is 0.230 e. The average molecular weight is 305 g/mol. The lowest BCUT2D eigenvalue weighted by Crippen LogP contribution is -2.40. The number of rotatable bonds is 4. The van der Waals surface area contributed by atoms with Crippen molar-refractivity contribution in [1.82, 2.24) is 4.90 Å². The summed E-state index contributed by atoms with van der Waals surface area (Å²) in [5, 5.41) is 9.56. The van der Waals surface area contributed by atoms with Crippen LogP contribution in [0.5, 0.6) is 5.75 Å². The molecule has 1 aromatic rings. The minimum Gasteiger partial charge on any atom is -0.496 e. The Bertz CT molecular complexity index is 560. The van der Waals surface area contributed by atoms with Crippen molar-refractivity contribution in [2.75, 3.05) is 27.4 Å². The number of amides is 1. The molecule has 1 saturated heterocycles. The highest BCUT2D eigenvalue weighted by molar-refractivity contribution is 5.86. The number of hydrogen-bond donors (Lipinski definition) is 1. The zero-order chi connectivity index (χ0) is 15.7. The predicted molar refractivity (Wildman–Crippen MR) is 82.1 cm³/mol. The van der Waals surface area contributed by atoms with E-state index in [0.29, 0.717) is 13.0 Å². The summed E-state index contributed by atoms with van der Waals surface area (Å²) in [7, 11) is 3.30. The summed E-state index contributed by atoms with van der Waals surface area (Å²) >= 11 is 0. The number of aliphatic hydroxyl groups is 1. The highest BCUT2D eigenvalue weighted by Crippen LogP contribution is 2.41. The first-order valence-electron chi connectivity index (χ1n) is 7.79. The van der Waals surface area contributed by atoms with Gasteiger partial charge in [0.05, 0.1) is 31.8 Å². The average Bonchev–Trinajstić information content (AvgIpc) is 3.17. The molecule has 1 N–H and O–H groups in total. The fourth-order valence-corrected chi connectivity index (χ4v) is 3.76. The van der Waals surface area contributed by atoms with Crippen LogP contribution in [0.25, 0.3) is 0 Å². The molecule has 3 rings (SSSR count). The quantitative estimate of drug-likeness (QED) is 0.912. The molecule has 1 aliphatic carbocycles. The fourth-order valence-electron chi connectivity index (χ4n) is 3.76. The van der Waals surface area contributed by atoms with Gasteiger partial charge in [0.25, 0.3) is 0 Å². The molecule has 22 heavy (non-hydrogen) atoms. The number of ether oxygens (including phenoxy) is 2. The van der Waals surface area contributed by atoms with Crippen molar-refractivity contribution < 1.29 is 19.4 Å². The Morgan fingerprint density at radius 2 is 2.23 bits per heavy atom. The monoisotopic (exact) mass is 305 g/mol. The number of fused-ring (bicyclic) bond motifs is 1. The van der Waals surface area contributed by atoms with Gasteiger partial charge in [0.1, 0.15) is 5.75 Å². The third-order valence-electron chi connectivity index (χ3n) is 4.93. The van der Waals surface area contributed by atoms with E-state index in [-0.39, 0.29) is 30.6 Å². The second kappa shape index (κ2) is 6.26. The minimum atomic E-state index is -0.171. The molecular weight excluding hydrogens is 282 g/mol. The standard InChI is InChI=1S/C17H23NO4/c1-21-13-8-12(10-19)18(9-13)17(20)14-7-6-11-4-3-5-15(22-2)16(11)14/h3-5,12-14,19H,6-10H2,1-2H3/t12-,13+,14?/m0/s1. The molecule has 0 aromatic heterocycles. The molecule has 1 aliphatic heterocycles. The summed E-state index contributed by atoms with van der Waals surface area (Å²) < 4.78 is 10.8. The van der Waals surface area contributed by atoms with Crippen LogP contribution in [0.3, 0.4) is 0 Å². The van der Waals surface area contributed by atoms with Crippen molar-refractivity contribution >= 4 is 5.91 Å². The number of hydrogen-bond acceptors (Lipinski definition) is 4. The summed E-state index contributed by atoms with van der Waals surface area (Å²) in [6, 6.07) is 5.81. The normalized spacial score (nSPS) is 27.0. The maximum atomic E-state index is 13.0. The van der Waals surface area contributed by atoms with Gasteiger partial charge in [0.15, 0.2) is 0 Å². The minimum absolute atomic E-state index is 0.0136. The maximum Gasteiger partial charge on any atom is 0.230 e. The molecule has 2 aliphatic rings. The van der Waals surface area contributed by atoms with Gasteiger partial charge in [-0.3, -0.25) is 4.79 Å². The third kappa shape index (κ3) is 2.48. The largest absolute Gasteiger partial charge is 0.496 e. The Hall–Kier alpha value is -1.59. The van der Waals surface area contributed by atoms with Crippen LogP contribution < -0.4 is 4.74 Å². The molecule has 1 unspecified atom stereocenters. The van der Waals surface area contributed by atoms with Crippen LogP contribution in [-0.2, 0) is 16.0 Å². The number of methoxy groups -OCH3 is 2. The van der Waals surface area contributed by atoms with Crippen molar-refractivity contribution in [3.05, 3.63) is 29.3 Å². The third-order valence-corrected chi connectivity index (χ3v) is 4.93. The van der Waals surface area contributed by atoms with Crippen LogP contribution >= 0.6 is 0 Å². The number of carbonyl (C=O) groups is 1. The molecule has 0 radical (unpaired) electrons. The zero-order valence-electron chi connectivity index (χ0n) is 13.1. The lowest BCUT2D eigenvalue weighted by molar-refractivity contribution is -0.134. The van der Waals surface area contributed by atoms with Gasteiger partial charge in [-0.25, -0.2) is 0 Å². The van der Waals surface area contributed by atoms with Gasteiger partial charge >= 0.3 is 0 Å². The Labute approximate surface area is 130 Å². The number of benzene rings is 1. The van der Waals surface area contributed by atoms with E-state index in [4.69, 9.17) is 9.47 Å². The molecule has 0 spiro atoms. The first-order valence-corrected chi connectivity index (χ1v) is 7.79. The van der Waals surface area contributed by atoms with E-state index in [9.17, 15) is 9.90 Å². The number of aryl methyl sites for hydroxylation is 1. The molecule has 5 nitrogen and oxygen atoms in total. The summed E-state index contributed by atoms with van der Waals surface area (Å²) in [6.45, 7) is 0.540. The molecule has 1 heterocycles. The van der Waals surface area contributed by atoms with Crippen LogP contribution in [0.2, 0.25) is 0 Å². The number of nitrogens with zero attached hydrogens (tertiary/aromatic N) is 1. The van der Waals surface area contributed by atoms with Crippen LogP contribution in [0.4, 0.5) is 0 Å². The Balaban J connectivity index is 1.86.